The van der Waals surface area contributed by atoms with Gasteiger partial charge in [-0.3, -0.25) is 4.98 Å². The van der Waals surface area contributed by atoms with Gasteiger partial charge in [0.2, 0.25) is 0 Å². The molecule has 1 aromatic heterocycles. The lowest BCUT2D eigenvalue weighted by atomic mass is 10.1. The Morgan fingerprint density at radius 2 is 1.74 bits per heavy atom. The van der Waals surface area contributed by atoms with Crippen LogP contribution < -0.4 is 4.74 Å². The molecule has 0 aliphatic rings. The molecular weight excluding hydrogens is 234 g/mol. The molecule has 0 spiro atoms. The van der Waals surface area contributed by atoms with E-state index in [-0.39, 0.29) is 0 Å². The predicted molar refractivity (Wildman–Crippen MR) is 78.5 cm³/mol. The average molecular weight is 249 g/mol. The summed E-state index contributed by atoms with van der Waals surface area (Å²) >= 11 is 0. The lowest BCUT2D eigenvalue weighted by Crippen LogP contribution is -1.89. The highest BCUT2D eigenvalue weighted by molar-refractivity contribution is 5.87. The molecule has 0 atom stereocenters. The summed E-state index contributed by atoms with van der Waals surface area (Å²) in [5.41, 5.74) is 3.24. The van der Waals surface area contributed by atoms with Crippen LogP contribution in [0.3, 0.4) is 0 Å². The fraction of sp³-hybridized carbons (Fsp3) is 0.118. The van der Waals surface area contributed by atoms with E-state index in [0.717, 1.165) is 33.3 Å². The zero-order valence-corrected chi connectivity index (χ0v) is 11.1. The van der Waals surface area contributed by atoms with Crippen LogP contribution >= 0.6 is 0 Å². The van der Waals surface area contributed by atoms with Crippen molar-refractivity contribution < 1.29 is 4.74 Å². The number of pyridine rings is 1. The largest absolute Gasteiger partial charge is 0.496 e. The Morgan fingerprint density at radius 3 is 2.47 bits per heavy atom. The Kier molecular flexibility index (Phi) is 2.92. The first-order chi connectivity index (χ1) is 9.28. The van der Waals surface area contributed by atoms with Crippen molar-refractivity contribution in [3.05, 3.63) is 60.3 Å². The molecule has 3 aromatic rings. The molecule has 94 valence electrons. The van der Waals surface area contributed by atoms with E-state index < -0.39 is 0 Å². The van der Waals surface area contributed by atoms with E-state index in [1.54, 1.807) is 7.11 Å². The van der Waals surface area contributed by atoms with Gasteiger partial charge >= 0.3 is 0 Å². The van der Waals surface area contributed by atoms with Crippen LogP contribution in [0.4, 0.5) is 0 Å². The minimum absolute atomic E-state index is 0.915. The van der Waals surface area contributed by atoms with Crippen LogP contribution in [-0.2, 0) is 0 Å². The summed E-state index contributed by atoms with van der Waals surface area (Å²) in [6.07, 6.45) is 1.92. The number of benzene rings is 2. The third-order valence-corrected chi connectivity index (χ3v) is 3.31. The molecule has 0 aliphatic heterocycles. The molecule has 1 heterocycles. The maximum Gasteiger partial charge on any atom is 0.122 e. The molecular formula is C17H15NO. The van der Waals surface area contributed by atoms with E-state index in [1.807, 2.05) is 31.3 Å². The van der Waals surface area contributed by atoms with Gasteiger partial charge in [0.25, 0.3) is 0 Å². The van der Waals surface area contributed by atoms with Crippen LogP contribution in [0.2, 0.25) is 0 Å². The van der Waals surface area contributed by atoms with E-state index in [4.69, 9.17) is 4.74 Å². The summed E-state index contributed by atoms with van der Waals surface area (Å²) < 4.78 is 5.38. The molecule has 2 nitrogen and oxygen atoms in total. The molecule has 0 radical (unpaired) electrons. The van der Waals surface area contributed by atoms with E-state index in [0.29, 0.717) is 0 Å². The Balaban J connectivity index is 2.18. The predicted octanol–water partition coefficient (Wildman–Crippen LogP) is 4.22. The van der Waals surface area contributed by atoms with Crippen molar-refractivity contribution in [3.63, 3.8) is 0 Å². The summed E-state index contributed by atoms with van der Waals surface area (Å²) in [5.74, 6) is 0.915. The van der Waals surface area contributed by atoms with Gasteiger partial charge in [-0.1, -0.05) is 30.3 Å². The van der Waals surface area contributed by atoms with Crippen molar-refractivity contribution in [2.75, 3.05) is 7.11 Å². The fourth-order valence-electron chi connectivity index (χ4n) is 2.27. The standard InChI is InChI=1S/C17H15NO/c1-12-8-15-11-18-16(13-6-4-3-5-7-13)9-14(15)10-17(12)19-2/h3-11H,1-2H3. The highest BCUT2D eigenvalue weighted by Crippen LogP contribution is 2.27. The van der Waals surface area contributed by atoms with Gasteiger partial charge < -0.3 is 4.74 Å². The van der Waals surface area contributed by atoms with Gasteiger partial charge in [-0.2, -0.15) is 0 Å². The maximum absolute atomic E-state index is 5.38. The molecule has 3 rings (SSSR count). The highest BCUT2D eigenvalue weighted by atomic mass is 16.5. The van der Waals surface area contributed by atoms with Crippen molar-refractivity contribution in [2.24, 2.45) is 0 Å². The van der Waals surface area contributed by atoms with Crippen LogP contribution in [0.1, 0.15) is 5.56 Å². The number of nitrogens with zero attached hydrogens (tertiary/aromatic N) is 1. The van der Waals surface area contributed by atoms with E-state index in [1.165, 1.54) is 0 Å². The Bertz CT molecular complexity index is 720. The van der Waals surface area contributed by atoms with Crippen molar-refractivity contribution in [1.82, 2.24) is 4.98 Å². The number of aromatic nitrogens is 1. The minimum Gasteiger partial charge on any atom is -0.496 e. The molecule has 0 fully saturated rings. The van der Waals surface area contributed by atoms with Crippen molar-refractivity contribution in [2.45, 2.75) is 6.92 Å². The first kappa shape index (κ1) is 11.7. The molecule has 0 amide bonds. The van der Waals surface area contributed by atoms with Gasteiger partial charge in [0, 0.05) is 17.1 Å². The summed E-state index contributed by atoms with van der Waals surface area (Å²) in [7, 11) is 1.70. The molecule has 0 saturated carbocycles. The van der Waals surface area contributed by atoms with Gasteiger partial charge in [-0.25, -0.2) is 0 Å². The zero-order chi connectivity index (χ0) is 13.2. The summed E-state index contributed by atoms with van der Waals surface area (Å²) in [6.45, 7) is 2.05. The normalized spacial score (nSPS) is 10.6. The summed E-state index contributed by atoms with van der Waals surface area (Å²) in [6, 6.07) is 16.5. The molecule has 2 heteroatoms. The molecule has 0 saturated heterocycles. The Labute approximate surface area is 112 Å². The van der Waals surface area contributed by atoms with Crippen molar-refractivity contribution in [3.8, 4) is 17.0 Å². The second-order valence-corrected chi connectivity index (χ2v) is 4.60. The topological polar surface area (TPSA) is 22.1 Å². The number of hydrogen-bond donors (Lipinski definition) is 0. The number of hydrogen-bond acceptors (Lipinski definition) is 2. The maximum atomic E-state index is 5.38. The average Bonchev–Trinajstić information content (AvgIpc) is 2.47. The van der Waals surface area contributed by atoms with Gasteiger partial charge in [-0.15, -0.1) is 0 Å². The number of rotatable bonds is 2. The molecule has 0 aliphatic carbocycles. The number of fused-ring (bicyclic) bond motifs is 1. The third kappa shape index (κ3) is 2.17. The van der Waals surface area contributed by atoms with Crippen molar-refractivity contribution >= 4 is 10.8 Å². The lowest BCUT2D eigenvalue weighted by molar-refractivity contribution is 0.412. The van der Waals surface area contributed by atoms with Gasteiger partial charge in [-0.05, 0) is 36.1 Å². The first-order valence-corrected chi connectivity index (χ1v) is 6.28. The summed E-state index contributed by atoms with van der Waals surface area (Å²) in [4.78, 5) is 4.53. The molecule has 0 unspecified atom stereocenters. The highest BCUT2D eigenvalue weighted by Gasteiger charge is 2.04. The van der Waals surface area contributed by atoms with Gasteiger partial charge in [0.1, 0.15) is 5.75 Å². The minimum atomic E-state index is 0.915. The second kappa shape index (κ2) is 4.73. The second-order valence-electron chi connectivity index (χ2n) is 4.60. The van der Waals surface area contributed by atoms with Crippen molar-refractivity contribution in [1.29, 1.82) is 0 Å². The van der Waals surface area contributed by atoms with Crippen LogP contribution in [0.25, 0.3) is 22.0 Å². The number of aryl methyl sites for hydroxylation is 1. The van der Waals surface area contributed by atoms with Crippen LogP contribution in [0.5, 0.6) is 5.75 Å². The monoisotopic (exact) mass is 249 g/mol. The molecule has 2 aromatic carbocycles. The van der Waals surface area contributed by atoms with Gasteiger partial charge in [0.15, 0.2) is 0 Å². The van der Waals surface area contributed by atoms with E-state index in [9.17, 15) is 0 Å². The zero-order valence-electron chi connectivity index (χ0n) is 11.1. The first-order valence-electron chi connectivity index (χ1n) is 6.28. The van der Waals surface area contributed by atoms with Crippen LogP contribution in [0, 0.1) is 6.92 Å². The smallest absolute Gasteiger partial charge is 0.122 e. The molecule has 0 N–H and O–H groups in total. The third-order valence-electron chi connectivity index (χ3n) is 3.31. The quantitative estimate of drug-likeness (QED) is 0.678. The fourth-order valence-corrected chi connectivity index (χ4v) is 2.27. The molecule has 19 heavy (non-hydrogen) atoms. The lowest BCUT2D eigenvalue weighted by Gasteiger charge is -2.08. The number of ether oxygens (including phenoxy) is 1. The van der Waals surface area contributed by atoms with Gasteiger partial charge in [0.05, 0.1) is 12.8 Å². The van der Waals surface area contributed by atoms with Crippen LogP contribution in [0.15, 0.2) is 54.7 Å². The van der Waals surface area contributed by atoms with E-state index in [2.05, 4.69) is 35.3 Å². The SMILES string of the molecule is COc1cc2cc(-c3ccccc3)ncc2cc1C. The Morgan fingerprint density at radius 1 is 0.947 bits per heavy atom. The van der Waals surface area contributed by atoms with E-state index >= 15 is 0 Å². The number of methoxy groups -OCH3 is 1. The summed E-state index contributed by atoms with van der Waals surface area (Å²) in [5, 5.41) is 2.29. The van der Waals surface area contributed by atoms with Crippen LogP contribution in [-0.4, -0.2) is 12.1 Å². The Hall–Kier alpha value is -2.35. The molecule has 0 bridgehead atoms.